The molecular weight excluding hydrogens is 226 g/mol. The summed E-state index contributed by atoms with van der Waals surface area (Å²) in [7, 11) is 1.72. The molecule has 2 rings (SSSR count). The van der Waals surface area contributed by atoms with Gasteiger partial charge in [0.15, 0.2) is 11.6 Å². The molecule has 6 heteroatoms. The van der Waals surface area contributed by atoms with E-state index >= 15 is 0 Å². The second-order valence-corrected chi connectivity index (χ2v) is 4.14. The highest BCUT2D eigenvalue weighted by atomic mass is 32.1. The number of Topliss-reactive ketones (excluding diaryl/α,β-unsaturated/α-hetero) is 2. The van der Waals surface area contributed by atoms with E-state index in [2.05, 4.69) is 9.97 Å². The molecule has 0 bridgehead atoms. The minimum Gasteiger partial charge on any atom is -0.332 e. The molecule has 0 saturated heterocycles. The lowest BCUT2D eigenvalue weighted by Gasteiger charge is -1.99. The second kappa shape index (κ2) is 4.36. The van der Waals surface area contributed by atoms with Gasteiger partial charge in [0, 0.05) is 25.6 Å². The summed E-state index contributed by atoms with van der Waals surface area (Å²) in [5, 5.41) is 0. The number of nitrogens with zero attached hydrogens (tertiary/aromatic N) is 3. The quantitative estimate of drug-likeness (QED) is 0.592. The van der Waals surface area contributed by atoms with Crippen molar-refractivity contribution in [2.45, 2.75) is 6.42 Å². The number of hydrogen-bond donors (Lipinski definition) is 0. The van der Waals surface area contributed by atoms with Gasteiger partial charge in [-0.2, -0.15) is 0 Å². The third-order valence-corrected chi connectivity index (χ3v) is 2.91. The number of thiazole rings is 1. The maximum Gasteiger partial charge on any atom is 0.206 e. The Labute approximate surface area is 95.8 Å². The van der Waals surface area contributed by atoms with Crippen molar-refractivity contribution in [3.8, 4) is 0 Å². The van der Waals surface area contributed by atoms with E-state index in [1.807, 2.05) is 0 Å². The standard InChI is InChI=1S/C10H9N3O2S/c1-13-3-2-12-10(13)8(15)4-7(14)9-5-11-6-16-9/h2-3,5-6H,4H2,1H3. The first-order chi connectivity index (χ1) is 7.68. The minimum absolute atomic E-state index is 0.160. The van der Waals surface area contributed by atoms with E-state index in [1.165, 1.54) is 23.7 Å². The molecule has 0 amide bonds. The molecule has 82 valence electrons. The van der Waals surface area contributed by atoms with Crippen LogP contribution in [0.4, 0.5) is 0 Å². The van der Waals surface area contributed by atoms with E-state index in [1.54, 1.807) is 23.3 Å². The van der Waals surface area contributed by atoms with E-state index in [0.717, 1.165) is 0 Å². The summed E-state index contributed by atoms with van der Waals surface area (Å²) < 4.78 is 1.60. The Morgan fingerprint density at radius 2 is 2.25 bits per heavy atom. The third kappa shape index (κ3) is 2.06. The van der Waals surface area contributed by atoms with E-state index < -0.39 is 0 Å². The van der Waals surface area contributed by atoms with Crippen molar-refractivity contribution in [2.75, 3.05) is 0 Å². The zero-order chi connectivity index (χ0) is 11.5. The normalized spacial score (nSPS) is 10.3. The van der Waals surface area contributed by atoms with Crippen LogP contribution in [0.15, 0.2) is 24.1 Å². The molecule has 0 radical (unpaired) electrons. The number of hydrogen-bond acceptors (Lipinski definition) is 5. The van der Waals surface area contributed by atoms with Crippen LogP contribution in [0.25, 0.3) is 0 Å². The molecule has 0 saturated carbocycles. The van der Waals surface area contributed by atoms with E-state index in [9.17, 15) is 9.59 Å². The average Bonchev–Trinajstić information content (AvgIpc) is 2.86. The van der Waals surface area contributed by atoms with Gasteiger partial charge >= 0.3 is 0 Å². The lowest BCUT2D eigenvalue weighted by molar-refractivity contribution is 0.0889. The molecule has 0 atom stereocenters. The first kappa shape index (κ1) is 10.7. The molecule has 2 aromatic rings. The molecular formula is C10H9N3O2S. The van der Waals surface area contributed by atoms with Crippen LogP contribution in [-0.2, 0) is 7.05 Å². The Balaban J connectivity index is 2.09. The van der Waals surface area contributed by atoms with Crippen LogP contribution in [0.3, 0.4) is 0 Å². The van der Waals surface area contributed by atoms with Gasteiger partial charge in [-0.05, 0) is 0 Å². The Morgan fingerprint density at radius 3 is 2.81 bits per heavy atom. The van der Waals surface area contributed by atoms with Gasteiger partial charge in [0.25, 0.3) is 0 Å². The number of rotatable bonds is 4. The van der Waals surface area contributed by atoms with Crippen molar-refractivity contribution >= 4 is 22.9 Å². The van der Waals surface area contributed by atoms with Crippen LogP contribution in [0.5, 0.6) is 0 Å². The van der Waals surface area contributed by atoms with Crippen molar-refractivity contribution in [1.82, 2.24) is 14.5 Å². The molecule has 0 aliphatic heterocycles. The molecule has 5 nitrogen and oxygen atoms in total. The fraction of sp³-hybridized carbons (Fsp3) is 0.200. The fourth-order valence-corrected chi connectivity index (χ4v) is 1.86. The average molecular weight is 235 g/mol. The lowest BCUT2D eigenvalue weighted by atomic mass is 10.2. The van der Waals surface area contributed by atoms with Crippen molar-refractivity contribution in [3.63, 3.8) is 0 Å². The molecule has 0 unspecified atom stereocenters. The molecule has 0 aliphatic carbocycles. The van der Waals surface area contributed by atoms with Gasteiger partial charge in [-0.15, -0.1) is 11.3 Å². The summed E-state index contributed by atoms with van der Waals surface area (Å²) >= 11 is 1.23. The molecule has 16 heavy (non-hydrogen) atoms. The van der Waals surface area contributed by atoms with Crippen LogP contribution in [-0.4, -0.2) is 26.1 Å². The van der Waals surface area contributed by atoms with Crippen LogP contribution in [0.1, 0.15) is 26.7 Å². The Morgan fingerprint density at radius 1 is 1.44 bits per heavy atom. The topological polar surface area (TPSA) is 64.8 Å². The summed E-state index contributed by atoms with van der Waals surface area (Å²) in [5.41, 5.74) is 1.57. The predicted molar refractivity (Wildman–Crippen MR) is 58.6 cm³/mol. The first-order valence-electron chi connectivity index (χ1n) is 4.60. The Hall–Kier alpha value is -1.82. The molecule has 2 aromatic heterocycles. The number of aromatic nitrogens is 3. The van der Waals surface area contributed by atoms with Gasteiger partial charge in [0.2, 0.25) is 5.78 Å². The van der Waals surface area contributed by atoms with Gasteiger partial charge in [-0.3, -0.25) is 14.6 Å². The SMILES string of the molecule is Cn1ccnc1C(=O)CC(=O)c1cncs1. The number of carbonyl (C=O) groups excluding carboxylic acids is 2. The zero-order valence-electron chi connectivity index (χ0n) is 8.58. The molecule has 2 heterocycles. The van der Waals surface area contributed by atoms with Crippen LogP contribution in [0.2, 0.25) is 0 Å². The predicted octanol–water partition coefficient (Wildman–Crippen LogP) is 1.33. The van der Waals surface area contributed by atoms with E-state index in [4.69, 9.17) is 0 Å². The van der Waals surface area contributed by atoms with Gasteiger partial charge in [0.1, 0.15) is 0 Å². The highest BCUT2D eigenvalue weighted by Gasteiger charge is 2.17. The molecule has 0 spiro atoms. The monoisotopic (exact) mass is 235 g/mol. The summed E-state index contributed by atoms with van der Waals surface area (Å²) in [4.78, 5) is 31.5. The molecule has 0 fully saturated rings. The number of carbonyl (C=O) groups is 2. The smallest absolute Gasteiger partial charge is 0.206 e. The molecule has 0 aliphatic rings. The van der Waals surface area contributed by atoms with Crippen molar-refractivity contribution in [3.05, 3.63) is 34.8 Å². The van der Waals surface area contributed by atoms with Crippen molar-refractivity contribution < 1.29 is 9.59 Å². The number of aryl methyl sites for hydroxylation is 1. The highest BCUT2D eigenvalue weighted by molar-refractivity contribution is 7.11. The third-order valence-electron chi connectivity index (χ3n) is 2.10. The van der Waals surface area contributed by atoms with Gasteiger partial charge < -0.3 is 4.57 Å². The van der Waals surface area contributed by atoms with Crippen LogP contribution in [0, 0.1) is 0 Å². The van der Waals surface area contributed by atoms with Gasteiger partial charge in [0.05, 0.1) is 16.8 Å². The molecule has 0 N–H and O–H groups in total. The lowest BCUT2D eigenvalue weighted by Crippen LogP contribution is -2.12. The van der Waals surface area contributed by atoms with E-state index in [-0.39, 0.29) is 18.0 Å². The largest absolute Gasteiger partial charge is 0.332 e. The minimum atomic E-state index is -0.272. The highest BCUT2D eigenvalue weighted by Crippen LogP contribution is 2.10. The van der Waals surface area contributed by atoms with Crippen LogP contribution >= 0.6 is 11.3 Å². The maximum atomic E-state index is 11.7. The first-order valence-corrected chi connectivity index (χ1v) is 5.48. The van der Waals surface area contributed by atoms with Gasteiger partial charge in [-0.25, -0.2) is 4.98 Å². The Kier molecular flexibility index (Phi) is 2.91. The second-order valence-electron chi connectivity index (χ2n) is 3.25. The summed E-state index contributed by atoms with van der Waals surface area (Å²) in [6, 6.07) is 0. The summed E-state index contributed by atoms with van der Waals surface area (Å²) in [6.07, 6.45) is 4.51. The van der Waals surface area contributed by atoms with Gasteiger partial charge in [-0.1, -0.05) is 0 Å². The maximum absolute atomic E-state index is 11.7. The number of ketones is 2. The van der Waals surface area contributed by atoms with Crippen LogP contribution < -0.4 is 0 Å². The summed E-state index contributed by atoms with van der Waals surface area (Å²) in [6.45, 7) is 0. The summed E-state index contributed by atoms with van der Waals surface area (Å²) in [5.74, 6) is -0.181. The molecule has 0 aromatic carbocycles. The van der Waals surface area contributed by atoms with E-state index in [0.29, 0.717) is 10.7 Å². The zero-order valence-corrected chi connectivity index (χ0v) is 9.40. The fourth-order valence-electron chi connectivity index (χ4n) is 1.30. The van der Waals surface area contributed by atoms with Crippen molar-refractivity contribution in [2.24, 2.45) is 7.05 Å². The number of imidazole rings is 1. The Bertz CT molecular complexity index is 516. The van der Waals surface area contributed by atoms with Crippen molar-refractivity contribution in [1.29, 1.82) is 0 Å².